The van der Waals surface area contributed by atoms with E-state index in [1.807, 2.05) is 11.8 Å². The molecule has 106 valence electrons. The summed E-state index contributed by atoms with van der Waals surface area (Å²) in [6, 6.07) is 6.48. The number of thioether (sulfide) groups is 1. The first kappa shape index (κ1) is 15.8. The number of nitrogens with zero attached hydrogens (tertiary/aromatic N) is 1. The summed E-state index contributed by atoms with van der Waals surface area (Å²) in [5.74, 6) is 1.78. The molecule has 0 saturated carbocycles. The molecule has 0 heterocycles. The van der Waals surface area contributed by atoms with Gasteiger partial charge in [0.2, 0.25) is 0 Å². The second-order valence-electron chi connectivity index (χ2n) is 4.18. The minimum atomic E-state index is -0.208. The summed E-state index contributed by atoms with van der Waals surface area (Å²) in [6.45, 7) is 1.56. The van der Waals surface area contributed by atoms with Crippen molar-refractivity contribution in [1.29, 1.82) is 0 Å². The zero-order valence-electron chi connectivity index (χ0n) is 11.6. The van der Waals surface area contributed by atoms with Gasteiger partial charge >= 0.3 is 0 Å². The van der Waals surface area contributed by atoms with Crippen LogP contribution in [0.4, 0.5) is 4.39 Å². The van der Waals surface area contributed by atoms with Crippen LogP contribution >= 0.6 is 11.8 Å². The molecule has 0 spiro atoms. The molecule has 1 aromatic rings. The standard InChI is InChI=1S/C14H22FN3S/c1-16-14(17-9-3-4-10-19-2)18-11-12-5-7-13(15)8-6-12/h5-8H,3-4,9-11H2,1-2H3,(H2,16,17,18). The van der Waals surface area contributed by atoms with E-state index < -0.39 is 0 Å². The largest absolute Gasteiger partial charge is 0.356 e. The second-order valence-corrected chi connectivity index (χ2v) is 5.16. The predicted octanol–water partition coefficient (Wildman–Crippen LogP) is 2.63. The Labute approximate surface area is 119 Å². The van der Waals surface area contributed by atoms with Gasteiger partial charge in [0.1, 0.15) is 5.82 Å². The van der Waals surface area contributed by atoms with Crippen LogP contribution in [-0.4, -0.2) is 31.6 Å². The average molecular weight is 283 g/mol. The molecule has 0 bridgehead atoms. The monoisotopic (exact) mass is 283 g/mol. The maximum absolute atomic E-state index is 12.8. The number of rotatable bonds is 7. The Morgan fingerprint density at radius 2 is 1.95 bits per heavy atom. The van der Waals surface area contributed by atoms with E-state index in [1.54, 1.807) is 19.2 Å². The first-order chi connectivity index (χ1) is 9.26. The van der Waals surface area contributed by atoms with Crippen molar-refractivity contribution in [3.8, 4) is 0 Å². The van der Waals surface area contributed by atoms with Gasteiger partial charge in [-0.3, -0.25) is 4.99 Å². The Balaban J connectivity index is 2.23. The van der Waals surface area contributed by atoms with Crippen molar-refractivity contribution in [2.45, 2.75) is 19.4 Å². The molecule has 0 aliphatic rings. The normalized spacial score (nSPS) is 11.4. The highest BCUT2D eigenvalue weighted by molar-refractivity contribution is 7.98. The van der Waals surface area contributed by atoms with Gasteiger partial charge in [-0.25, -0.2) is 4.39 Å². The fraction of sp³-hybridized carbons (Fsp3) is 0.500. The Bertz CT molecular complexity index is 379. The Morgan fingerprint density at radius 3 is 2.58 bits per heavy atom. The van der Waals surface area contributed by atoms with Crippen molar-refractivity contribution in [3.63, 3.8) is 0 Å². The van der Waals surface area contributed by atoms with Crippen molar-refractivity contribution in [2.75, 3.05) is 25.6 Å². The maximum atomic E-state index is 12.8. The lowest BCUT2D eigenvalue weighted by Crippen LogP contribution is -2.37. The van der Waals surface area contributed by atoms with Gasteiger partial charge in [0.25, 0.3) is 0 Å². The number of nitrogens with one attached hydrogen (secondary N) is 2. The van der Waals surface area contributed by atoms with Crippen LogP contribution in [0.1, 0.15) is 18.4 Å². The Kier molecular flexibility index (Phi) is 8.05. The van der Waals surface area contributed by atoms with Gasteiger partial charge in [0.15, 0.2) is 5.96 Å². The SMILES string of the molecule is CN=C(NCCCCSC)NCc1ccc(F)cc1. The third-order valence-electron chi connectivity index (χ3n) is 2.66. The highest BCUT2D eigenvalue weighted by atomic mass is 32.2. The van der Waals surface area contributed by atoms with Crippen molar-refractivity contribution >= 4 is 17.7 Å². The maximum Gasteiger partial charge on any atom is 0.191 e. The fourth-order valence-electron chi connectivity index (χ4n) is 1.59. The molecule has 0 aliphatic carbocycles. The summed E-state index contributed by atoms with van der Waals surface area (Å²) in [6.07, 6.45) is 4.47. The van der Waals surface area contributed by atoms with Crippen LogP contribution in [0.15, 0.2) is 29.3 Å². The average Bonchev–Trinajstić information content (AvgIpc) is 2.44. The fourth-order valence-corrected chi connectivity index (χ4v) is 2.08. The molecule has 0 saturated heterocycles. The van der Waals surface area contributed by atoms with E-state index in [4.69, 9.17) is 0 Å². The summed E-state index contributed by atoms with van der Waals surface area (Å²) in [5.41, 5.74) is 1.03. The lowest BCUT2D eigenvalue weighted by molar-refractivity contribution is 0.626. The molecule has 3 nitrogen and oxygen atoms in total. The molecule has 0 radical (unpaired) electrons. The first-order valence-electron chi connectivity index (χ1n) is 6.44. The van der Waals surface area contributed by atoms with E-state index in [1.165, 1.54) is 24.3 Å². The van der Waals surface area contributed by atoms with Crippen LogP contribution in [0.2, 0.25) is 0 Å². The summed E-state index contributed by atoms with van der Waals surface area (Å²) < 4.78 is 12.8. The number of halogens is 1. The number of hydrogen-bond donors (Lipinski definition) is 2. The van der Waals surface area contributed by atoms with E-state index in [-0.39, 0.29) is 5.82 Å². The molecule has 5 heteroatoms. The molecule has 0 atom stereocenters. The van der Waals surface area contributed by atoms with E-state index in [2.05, 4.69) is 21.9 Å². The summed E-state index contributed by atoms with van der Waals surface area (Å²) in [7, 11) is 1.75. The van der Waals surface area contributed by atoms with E-state index in [9.17, 15) is 4.39 Å². The van der Waals surface area contributed by atoms with Crippen molar-refractivity contribution in [3.05, 3.63) is 35.6 Å². The minimum Gasteiger partial charge on any atom is -0.356 e. The highest BCUT2D eigenvalue weighted by Crippen LogP contribution is 2.02. The zero-order chi connectivity index (χ0) is 13.9. The lowest BCUT2D eigenvalue weighted by Gasteiger charge is -2.11. The number of hydrogen-bond acceptors (Lipinski definition) is 2. The predicted molar refractivity (Wildman–Crippen MR) is 82.2 cm³/mol. The molecule has 1 aromatic carbocycles. The zero-order valence-corrected chi connectivity index (χ0v) is 12.4. The third kappa shape index (κ3) is 7.06. The molecule has 19 heavy (non-hydrogen) atoms. The lowest BCUT2D eigenvalue weighted by atomic mass is 10.2. The Morgan fingerprint density at radius 1 is 1.21 bits per heavy atom. The smallest absolute Gasteiger partial charge is 0.191 e. The van der Waals surface area contributed by atoms with Crippen LogP contribution in [-0.2, 0) is 6.54 Å². The van der Waals surface area contributed by atoms with E-state index in [0.29, 0.717) is 6.54 Å². The van der Waals surface area contributed by atoms with Gasteiger partial charge in [0.05, 0.1) is 0 Å². The minimum absolute atomic E-state index is 0.208. The molecule has 1 rings (SSSR count). The van der Waals surface area contributed by atoms with Gasteiger partial charge in [-0.05, 0) is 42.5 Å². The van der Waals surface area contributed by atoms with Crippen LogP contribution in [0.3, 0.4) is 0 Å². The van der Waals surface area contributed by atoms with Crippen molar-refractivity contribution in [1.82, 2.24) is 10.6 Å². The molecule has 0 fully saturated rings. The first-order valence-corrected chi connectivity index (χ1v) is 7.83. The van der Waals surface area contributed by atoms with Gasteiger partial charge < -0.3 is 10.6 Å². The molecule has 2 N–H and O–H groups in total. The van der Waals surface area contributed by atoms with Gasteiger partial charge in [-0.2, -0.15) is 11.8 Å². The third-order valence-corrected chi connectivity index (χ3v) is 3.36. The topological polar surface area (TPSA) is 36.4 Å². The number of benzene rings is 1. The summed E-state index contributed by atoms with van der Waals surface area (Å²) in [5, 5.41) is 6.47. The van der Waals surface area contributed by atoms with Crippen LogP contribution in [0.5, 0.6) is 0 Å². The van der Waals surface area contributed by atoms with Crippen LogP contribution < -0.4 is 10.6 Å². The molecule has 0 aromatic heterocycles. The number of unbranched alkanes of at least 4 members (excludes halogenated alkanes) is 1. The number of aliphatic imine (C=N–C) groups is 1. The number of guanidine groups is 1. The van der Waals surface area contributed by atoms with E-state index >= 15 is 0 Å². The van der Waals surface area contributed by atoms with Gasteiger partial charge in [-0.15, -0.1) is 0 Å². The molecular formula is C14H22FN3S. The second kappa shape index (κ2) is 9.67. The summed E-state index contributed by atoms with van der Waals surface area (Å²) in [4.78, 5) is 4.15. The molecule has 0 aliphatic heterocycles. The van der Waals surface area contributed by atoms with Crippen LogP contribution in [0, 0.1) is 5.82 Å². The van der Waals surface area contributed by atoms with Gasteiger partial charge in [0, 0.05) is 20.1 Å². The van der Waals surface area contributed by atoms with E-state index in [0.717, 1.165) is 24.5 Å². The van der Waals surface area contributed by atoms with Crippen LogP contribution in [0.25, 0.3) is 0 Å². The van der Waals surface area contributed by atoms with Crippen molar-refractivity contribution < 1.29 is 4.39 Å². The Hall–Kier alpha value is -1.23. The van der Waals surface area contributed by atoms with Crippen molar-refractivity contribution in [2.24, 2.45) is 4.99 Å². The molecule has 0 unspecified atom stereocenters. The molecular weight excluding hydrogens is 261 g/mol. The quantitative estimate of drug-likeness (QED) is 0.459. The summed E-state index contributed by atoms with van der Waals surface area (Å²) >= 11 is 1.87. The molecule has 0 amide bonds. The highest BCUT2D eigenvalue weighted by Gasteiger charge is 1.98. The van der Waals surface area contributed by atoms with Gasteiger partial charge in [-0.1, -0.05) is 12.1 Å².